The van der Waals surface area contributed by atoms with Gasteiger partial charge in [-0.15, -0.1) is 11.3 Å². The van der Waals surface area contributed by atoms with Gasteiger partial charge in [-0.3, -0.25) is 14.6 Å². The van der Waals surface area contributed by atoms with E-state index in [4.69, 9.17) is 4.98 Å². The van der Waals surface area contributed by atoms with Crippen molar-refractivity contribution in [2.24, 2.45) is 0 Å². The number of aryl methyl sites for hydroxylation is 2. The fraction of sp³-hybridized carbons (Fsp3) is 0.531. The van der Waals surface area contributed by atoms with Crippen LogP contribution in [0, 0.1) is 13.8 Å². The van der Waals surface area contributed by atoms with Crippen LogP contribution < -0.4 is 5.32 Å². The van der Waals surface area contributed by atoms with Crippen LogP contribution in [0.1, 0.15) is 99.7 Å². The van der Waals surface area contributed by atoms with E-state index in [-0.39, 0.29) is 35.5 Å². The minimum atomic E-state index is -0.214. The molecule has 3 heterocycles. The second-order valence-corrected chi connectivity index (χ2v) is 13.6. The predicted octanol–water partition coefficient (Wildman–Crippen LogP) is 6.69. The standard InChI is InChI=1S/C32H41N5O2S/c1-20-18-33-29(21(2)34-20)36-27(38)9-10-28(39)37-15-11-22(12-16-37)30-35-26(19-40-30)23-7-8-24-25(17-23)32(5,6)14-13-31(24,3)4/h7-8,17-19,22H,9-16H2,1-6H3,(H,33,36,38). The molecule has 1 aliphatic carbocycles. The zero-order chi connectivity index (χ0) is 28.7. The second-order valence-electron chi connectivity index (χ2n) is 12.7. The van der Waals surface area contributed by atoms with Crippen LogP contribution in [0.25, 0.3) is 11.3 Å². The number of nitrogens with zero attached hydrogens (tertiary/aromatic N) is 4. The first-order valence-electron chi connectivity index (χ1n) is 14.4. The van der Waals surface area contributed by atoms with E-state index in [9.17, 15) is 9.59 Å². The van der Waals surface area contributed by atoms with Gasteiger partial charge in [0.25, 0.3) is 0 Å². The van der Waals surface area contributed by atoms with Crippen LogP contribution in [0.4, 0.5) is 5.82 Å². The predicted molar refractivity (Wildman–Crippen MR) is 161 cm³/mol. The molecule has 0 bridgehead atoms. The number of likely N-dealkylation sites (tertiary alicyclic amines) is 1. The van der Waals surface area contributed by atoms with Gasteiger partial charge in [-0.25, -0.2) is 9.97 Å². The Labute approximate surface area is 241 Å². The van der Waals surface area contributed by atoms with Gasteiger partial charge in [-0.1, -0.05) is 39.8 Å². The van der Waals surface area contributed by atoms with E-state index in [1.807, 2.05) is 18.7 Å². The van der Waals surface area contributed by atoms with Crippen molar-refractivity contribution >= 4 is 29.0 Å². The van der Waals surface area contributed by atoms with Gasteiger partial charge in [0.15, 0.2) is 5.82 Å². The lowest BCUT2D eigenvalue weighted by atomic mass is 9.63. The van der Waals surface area contributed by atoms with E-state index in [2.05, 4.69) is 66.6 Å². The first kappa shape index (κ1) is 28.4. The van der Waals surface area contributed by atoms with Gasteiger partial charge in [-0.05, 0) is 67.6 Å². The third kappa shape index (κ3) is 5.97. The molecule has 7 nitrogen and oxygen atoms in total. The van der Waals surface area contributed by atoms with Gasteiger partial charge >= 0.3 is 0 Å². The van der Waals surface area contributed by atoms with Crippen molar-refractivity contribution in [3.05, 3.63) is 57.3 Å². The molecule has 40 heavy (non-hydrogen) atoms. The van der Waals surface area contributed by atoms with E-state index in [1.54, 1.807) is 17.5 Å². The molecule has 212 valence electrons. The molecule has 5 rings (SSSR count). The minimum Gasteiger partial charge on any atom is -0.343 e. The Kier molecular flexibility index (Phi) is 7.83. The molecule has 8 heteroatoms. The normalized spacial score (nSPS) is 18.3. The second kappa shape index (κ2) is 11.0. The summed E-state index contributed by atoms with van der Waals surface area (Å²) in [6.07, 6.45) is 6.16. The molecule has 1 N–H and O–H groups in total. The fourth-order valence-electron chi connectivity index (χ4n) is 6.03. The number of amides is 2. The summed E-state index contributed by atoms with van der Waals surface area (Å²) in [4.78, 5) is 40.7. The summed E-state index contributed by atoms with van der Waals surface area (Å²) in [5, 5.41) is 6.12. The quantitative estimate of drug-likeness (QED) is 0.363. The molecule has 2 aliphatic rings. The fourth-order valence-corrected chi connectivity index (χ4v) is 7.03. The van der Waals surface area contributed by atoms with Crippen molar-refractivity contribution in [1.29, 1.82) is 0 Å². The first-order chi connectivity index (χ1) is 18.9. The highest BCUT2D eigenvalue weighted by molar-refractivity contribution is 7.10. The highest BCUT2D eigenvalue weighted by atomic mass is 32.1. The molecule has 0 spiro atoms. The zero-order valence-corrected chi connectivity index (χ0v) is 25.5. The number of rotatable bonds is 6. The number of aromatic nitrogens is 3. The summed E-state index contributed by atoms with van der Waals surface area (Å²) < 4.78 is 0. The van der Waals surface area contributed by atoms with E-state index in [0.717, 1.165) is 29.2 Å². The van der Waals surface area contributed by atoms with Crippen LogP contribution in [-0.4, -0.2) is 44.8 Å². The number of anilines is 1. The number of hydrogen-bond acceptors (Lipinski definition) is 6. The van der Waals surface area contributed by atoms with Crippen molar-refractivity contribution in [3.8, 4) is 11.3 Å². The molecule has 0 unspecified atom stereocenters. The SMILES string of the molecule is Cc1cnc(NC(=O)CCC(=O)N2CCC(c3nc(-c4ccc5c(c4)C(C)(C)CCC5(C)C)cs3)CC2)c(C)n1. The average Bonchev–Trinajstić information content (AvgIpc) is 3.42. The summed E-state index contributed by atoms with van der Waals surface area (Å²) in [5.74, 6) is 0.630. The number of nitrogens with one attached hydrogen (secondary N) is 1. The molecule has 0 atom stereocenters. The summed E-state index contributed by atoms with van der Waals surface area (Å²) in [5.41, 5.74) is 7.04. The number of carbonyl (C=O) groups excluding carboxylic acids is 2. The van der Waals surface area contributed by atoms with Gasteiger partial charge in [0.2, 0.25) is 11.8 Å². The van der Waals surface area contributed by atoms with Crippen molar-refractivity contribution in [2.45, 2.75) is 96.8 Å². The van der Waals surface area contributed by atoms with Gasteiger partial charge in [-0.2, -0.15) is 0 Å². The summed E-state index contributed by atoms with van der Waals surface area (Å²) >= 11 is 1.74. The highest BCUT2D eigenvalue weighted by Gasteiger charge is 2.37. The summed E-state index contributed by atoms with van der Waals surface area (Å²) in [6, 6.07) is 6.94. The van der Waals surface area contributed by atoms with Crippen molar-refractivity contribution in [1.82, 2.24) is 19.9 Å². The molecule has 1 aromatic carbocycles. The van der Waals surface area contributed by atoms with Gasteiger partial charge in [0, 0.05) is 42.8 Å². The topological polar surface area (TPSA) is 88.1 Å². The lowest BCUT2D eigenvalue weighted by molar-refractivity contribution is -0.133. The maximum absolute atomic E-state index is 12.8. The summed E-state index contributed by atoms with van der Waals surface area (Å²) in [6.45, 7) is 14.5. The number of carbonyl (C=O) groups is 2. The molecule has 0 saturated carbocycles. The number of fused-ring (bicyclic) bond motifs is 1. The minimum absolute atomic E-state index is 0.0275. The zero-order valence-electron chi connectivity index (χ0n) is 24.6. The lowest BCUT2D eigenvalue weighted by Gasteiger charge is -2.42. The van der Waals surface area contributed by atoms with Crippen LogP contribution >= 0.6 is 11.3 Å². The molecular formula is C32H41N5O2S. The maximum atomic E-state index is 12.8. The number of thiazole rings is 1. The van der Waals surface area contributed by atoms with Crippen LogP contribution in [-0.2, 0) is 20.4 Å². The van der Waals surface area contributed by atoms with Crippen LogP contribution in [0.2, 0.25) is 0 Å². The lowest BCUT2D eigenvalue weighted by Crippen LogP contribution is -2.38. The number of piperidine rings is 1. The molecule has 3 aromatic rings. The number of benzene rings is 1. The Morgan fingerprint density at radius 2 is 1.70 bits per heavy atom. The molecule has 1 aliphatic heterocycles. The van der Waals surface area contributed by atoms with Crippen molar-refractivity contribution in [3.63, 3.8) is 0 Å². The van der Waals surface area contributed by atoms with Crippen molar-refractivity contribution < 1.29 is 9.59 Å². The highest BCUT2D eigenvalue weighted by Crippen LogP contribution is 2.47. The van der Waals surface area contributed by atoms with Gasteiger partial charge in [0.1, 0.15) is 0 Å². The molecule has 1 fully saturated rings. The Morgan fingerprint density at radius 1 is 1.00 bits per heavy atom. The smallest absolute Gasteiger partial charge is 0.226 e. The van der Waals surface area contributed by atoms with E-state index < -0.39 is 0 Å². The van der Waals surface area contributed by atoms with Crippen LogP contribution in [0.15, 0.2) is 29.8 Å². The molecular weight excluding hydrogens is 518 g/mol. The van der Waals surface area contributed by atoms with Crippen LogP contribution in [0.3, 0.4) is 0 Å². The van der Waals surface area contributed by atoms with Gasteiger partial charge < -0.3 is 10.2 Å². The molecule has 2 amide bonds. The van der Waals surface area contributed by atoms with Gasteiger partial charge in [0.05, 0.1) is 28.3 Å². The Hall–Kier alpha value is -3.13. The monoisotopic (exact) mass is 559 g/mol. The van der Waals surface area contributed by atoms with E-state index in [1.165, 1.54) is 29.5 Å². The van der Waals surface area contributed by atoms with E-state index in [0.29, 0.717) is 30.5 Å². The third-order valence-electron chi connectivity index (χ3n) is 8.76. The van der Waals surface area contributed by atoms with E-state index >= 15 is 0 Å². The Bertz CT molecular complexity index is 1420. The third-order valence-corrected chi connectivity index (χ3v) is 9.77. The van der Waals surface area contributed by atoms with Crippen LogP contribution in [0.5, 0.6) is 0 Å². The Balaban J connectivity index is 1.15. The molecule has 0 radical (unpaired) electrons. The van der Waals surface area contributed by atoms with Crippen molar-refractivity contribution in [2.75, 3.05) is 18.4 Å². The summed E-state index contributed by atoms with van der Waals surface area (Å²) in [7, 11) is 0. The number of hydrogen-bond donors (Lipinski definition) is 1. The molecule has 1 saturated heterocycles. The average molecular weight is 560 g/mol. The maximum Gasteiger partial charge on any atom is 0.226 e. The largest absolute Gasteiger partial charge is 0.343 e. The molecule has 2 aromatic heterocycles. The Morgan fingerprint density at radius 3 is 2.40 bits per heavy atom. The first-order valence-corrected chi connectivity index (χ1v) is 15.3.